The Morgan fingerprint density at radius 3 is 2.55 bits per heavy atom. The summed E-state index contributed by atoms with van der Waals surface area (Å²) in [6, 6.07) is 1.71. The first-order valence-corrected chi connectivity index (χ1v) is 7.73. The molecule has 0 bridgehead atoms. The Morgan fingerprint density at radius 2 is 2.00 bits per heavy atom. The summed E-state index contributed by atoms with van der Waals surface area (Å²) >= 11 is 0. The van der Waals surface area contributed by atoms with Crippen LogP contribution < -0.4 is 20.7 Å². The summed E-state index contributed by atoms with van der Waals surface area (Å²) in [7, 11) is 9.74. The van der Waals surface area contributed by atoms with Crippen LogP contribution in [0.3, 0.4) is 0 Å². The van der Waals surface area contributed by atoms with E-state index < -0.39 is 0 Å². The molecule has 2 rings (SSSR count). The van der Waals surface area contributed by atoms with Gasteiger partial charge < -0.3 is 25.4 Å². The summed E-state index contributed by atoms with van der Waals surface area (Å²) in [5, 5.41) is 19.7. The van der Waals surface area contributed by atoms with Crippen LogP contribution in [-0.2, 0) is 6.42 Å². The molecule has 1 aliphatic rings. The van der Waals surface area contributed by atoms with Gasteiger partial charge >= 0.3 is 0 Å². The van der Waals surface area contributed by atoms with E-state index in [1.165, 1.54) is 0 Å². The first kappa shape index (κ1) is 16.7. The van der Waals surface area contributed by atoms with Crippen LogP contribution in [0.4, 0.5) is 11.4 Å². The van der Waals surface area contributed by atoms with Crippen LogP contribution in [-0.4, -0.2) is 57.5 Å². The maximum atomic E-state index is 10.2. The molecule has 1 aromatic carbocycles. The molecule has 124 valence electrons. The summed E-state index contributed by atoms with van der Waals surface area (Å²) in [6.45, 7) is 0.946. The van der Waals surface area contributed by atoms with Crippen molar-refractivity contribution in [3.63, 3.8) is 0 Å². The molecule has 0 saturated carbocycles. The third-order valence-corrected chi connectivity index (χ3v) is 4.37. The van der Waals surface area contributed by atoms with Gasteiger partial charge in [-0.3, -0.25) is 5.32 Å². The lowest BCUT2D eigenvalue weighted by molar-refractivity contribution is 0.00666. The van der Waals surface area contributed by atoms with Gasteiger partial charge in [0.15, 0.2) is 11.5 Å². The quantitative estimate of drug-likeness (QED) is 0.600. The minimum Gasteiger partial charge on any atom is -0.506 e. The van der Waals surface area contributed by atoms with Crippen molar-refractivity contribution in [2.75, 3.05) is 52.4 Å². The Labute approximate surface area is 132 Å². The van der Waals surface area contributed by atoms with E-state index in [2.05, 4.69) is 34.9 Å². The molecule has 1 unspecified atom stereocenters. The second kappa shape index (κ2) is 6.62. The van der Waals surface area contributed by atoms with Crippen LogP contribution in [0, 0.1) is 0 Å². The van der Waals surface area contributed by atoms with Gasteiger partial charge in [0, 0.05) is 45.1 Å². The third-order valence-electron chi connectivity index (χ3n) is 4.37. The van der Waals surface area contributed by atoms with Gasteiger partial charge in [-0.15, -0.1) is 0 Å². The predicted octanol–water partition coefficient (Wildman–Crippen LogP) is 1.67. The fourth-order valence-corrected chi connectivity index (χ4v) is 2.98. The zero-order chi connectivity index (χ0) is 16.3. The number of fused-ring (bicyclic) bond motifs is 1. The standard InChI is InChI=1S/C16H28N4O2/c1-17-12-10-13(21)14(18-2)11-6-7-16(19-3,22-15(11)12)8-9-20(4)5/h10,17-19,21H,6-9H2,1-5H3. The summed E-state index contributed by atoms with van der Waals surface area (Å²) < 4.78 is 6.39. The fraction of sp³-hybridized carbons (Fsp3) is 0.625. The van der Waals surface area contributed by atoms with E-state index in [9.17, 15) is 5.11 Å². The lowest BCUT2D eigenvalue weighted by atomic mass is 9.93. The number of rotatable bonds is 6. The van der Waals surface area contributed by atoms with Crippen LogP contribution in [0.2, 0.25) is 0 Å². The Morgan fingerprint density at radius 1 is 1.27 bits per heavy atom. The molecule has 0 aromatic heterocycles. The summed E-state index contributed by atoms with van der Waals surface area (Å²) in [5.41, 5.74) is 2.23. The highest BCUT2D eigenvalue weighted by Crippen LogP contribution is 2.46. The van der Waals surface area contributed by atoms with Crippen molar-refractivity contribution in [1.29, 1.82) is 0 Å². The van der Waals surface area contributed by atoms with Crippen molar-refractivity contribution in [3.8, 4) is 11.5 Å². The van der Waals surface area contributed by atoms with Crippen molar-refractivity contribution in [2.45, 2.75) is 25.0 Å². The van der Waals surface area contributed by atoms with Gasteiger partial charge in [-0.25, -0.2) is 0 Å². The van der Waals surface area contributed by atoms with E-state index in [1.807, 2.05) is 21.1 Å². The van der Waals surface area contributed by atoms with E-state index in [0.29, 0.717) is 0 Å². The Hall–Kier alpha value is -1.66. The molecule has 1 atom stereocenters. The molecule has 1 heterocycles. The van der Waals surface area contributed by atoms with Gasteiger partial charge in [-0.2, -0.15) is 0 Å². The number of aromatic hydroxyl groups is 1. The minimum atomic E-state index is -0.370. The van der Waals surface area contributed by atoms with E-state index in [-0.39, 0.29) is 11.5 Å². The average Bonchev–Trinajstić information content (AvgIpc) is 2.52. The van der Waals surface area contributed by atoms with Crippen LogP contribution in [0.1, 0.15) is 18.4 Å². The van der Waals surface area contributed by atoms with Gasteiger partial charge in [0.1, 0.15) is 5.75 Å². The molecule has 0 fully saturated rings. The zero-order valence-corrected chi connectivity index (χ0v) is 14.2. The van der Waals surface area contributed by atoms with Crippen LogP contribution in [0.5, 0.6) is 11.5 Å². The number of phenols is 1. The molecule has 0 amide bonds. The first-order chi connectivity index (χ1) is 10.5. The maximum Gasteiger partial charge on any atom is 0.162 e. The molecule has 1 aliphatic heterocycles. The normalized spacial score (nSPS) is 20.5. The summed E-state index contributed by atoms with van der Waals surface area (Å²) in [5.74, 6) is 1.07. The second-order valence-corrected chi connectivity index (χ2v) is 6.03. The molecule has 1 aromatic rings. The summed E-state index contributed by atoms with van der Waals surface area (Å²) in [6.07, 6.45) is 2.61. The number of nitrogens with zero attached hydrogens (tertiary/aromatic N) is 1. The van der Waals surface area contributed by atoms with Crippen LogP contribution in [0.25, 0.3) is 0 Å². The SMILES string of the molecule is CNc1cc(O)c(NC)c2c1OC(CCN(C)C)(NC)CC2. The van der Waals surface area contributed by atoms with E-state index in [4.69, 9.17) is 4.74 Å². The van der Waals surface area contributed by atoms with Crippen molar-refractivity contribution in [1.82, 2.24) is 10.2 Å². The average molecular weight is 308 g/mol. The number of benzene rings is 1. The van der Waals surface area contributed by atoms with Gasteiger partial charge in [0.2, 0.25) is 0 Å². The molecule has 0 saturated heterocycles. The Bertz CT molecular complexity index is 533. The summed E-state index contributed by atoms with van der Waals surface area (Å²) in [4.78, 5) is 2.16. The fourth-order valence-electron chi connectivity index (χ4n) is 2.98. The van der Waals surface area contributed by atoms with Crippen molar-refractivity contribution < 1.29 is 9.84 Å². The highest BCUT2D eigenvalue weighted by atomic mass is 16.5. The molecule has 0 spiro atoms. The smallest absolute Gasteiger partial charge is 0.162 e. The zero-order valence-electron chi connectivity index (χ0n) is 14.2. The molecular formula is C16H28N4O2. The Balaban J connectivity index is 2.39. The third kappa shape index (κ3) is 3.08. The number of phenolic OH excluding ortho intramolecular Hbond substituents is 1. The van der Waals surface area contributed by atoms with Gasteiger partial charge in [-0.1, -0.05) is 0 Å². The monoisotopic (exact) mass is 308 g/mol. The van der Waals surface area contributed by atoms with Gasteiger partial charge in [0.05, 0.1) is 11.4 Å². The van der Waals surface area contributed by atoms with E-state index in [0.717, 1.165) is 48.5 Å². The van der Waals surface area contributed by atoms with Gasteiger partial charge in [-0.05, 0) is 27.6 Å². The molecule has 6 nitrogen and oxygen atoms in total. The molecule has 0 aliphatic carbocycles. The van der Waals surface area contributed by atoms with Crippen LogP contribution >= 0.6 is 0 Å². The number of ether oxygens (including phenoxy) is 1. The molecule has 4 N–H and O–H groups in total. The number of anilines is 2. The predicted molar refractivity (Wildman–Crippen MR) is 91.1 cm³/mol. The number of hydrogen-bond acceptors (Lipinski definition) is 6. The maximum absolute atomic E-state index is 10.2. The number of hydrogen-bond donors (Lipinski definition) is 4. The minimum absolute atomic E-state index is 0.249. The largest absolute Gasteiger partial charge is 0.506 e. The Kier molecular flexibility index (Phi) is 5.03. The van der Waals surface area contributed by atoms with Gasteiger partial charge in [0.25, 0.3) is 0 Å². The van der Waals surface area contributed by atoms with Crippen molar-refractivity contribution in [3.05, 3.63) is 11.6 Å². The van der Waals surface area contributed by atoms with Crippen molar-refractivity contribution >= 4 is 11.4 Å². The molecule has 22 heavy (non-hydrogen) atoms. The molecule has 6 heteroatoms. The molecule has 0 radical (unpaired) electrons. The van der Waals surface area contributed by atoms with E-state index >= 15 is 0 Å². The first-order valence-electron chi connectivity index (χ1n) is 7.73. The van der Waals surface area contributed by atoms with Crippen LogP contribution in [0.15, 0.2) is 6.07 Å². The highest BCUT2D eigenvalue weighted by molar-refractivity contribution is 5.76. The lowest BCUT2D eigenvalue weighted by Crippen LogP contribution is -2.52. The second-order valence-electron chi connectivity index (χ2n) is 6.03. The topological polar surface area (TPSA) is 68.8 Å². The highest BCUT2D eigenvalue weighted by Gasteiger charge is 2.37. The number of nitrogens with one attached hydrogen (secondary N) is 3. The lowest BCUT2D eigenvalue weighted by Gasteiger charge is -2.40. The molecular weight excluding hydrogens is 280 g/mol. The van der Waals surface area contributed by atoms with Crippen molar-refractivity contribution in [2.24, 2.45) is 0 Å². The van der Waals surface area contributed by atoms with E-state index in [1.54, 1.807) is 6.07 Å².